The first-order valence-corrected chi connectivity index (χ1v) is 8.12. The van der Waals surface area contributed by atoms with Crippen LogP contribution in [0.15, 0.2) is 30.3 Å². The summed E-state index contributed by atoms with van der Waals surface area (Å²) in [6, 6.07) is 9.87. The molecule has 0 bridgehead atoms. The van der Waals surface area contributed by atoms with Gasteiger partial charge in [-0.2, -0.15) is 0 Å². The molecule has 0 aliphatic carbocycles. The Morgan fingerprint density at radius 2 is 2.10 bits per heavy atom. The molecule has 0 saturated carbocycles. The van der Waals surface area contributed by atoms with Gasteiger partial charge in [-0.05, 0) is 36.6 Å². The van der Waals surface area contributed by atoms with Crippen LogP contribution in [0, 0.1) is 0 Å². The van der Waals surface area contributed by atoms with Gasteiger partial charge in [0.05, 0.1) is 11.4 Å². The van der Waals surface area contributed by atoms with E-state index in [-0.39, 0.29) is 6.04 Å². The third kappa shape index (κ3) is 4.37. The summed E-state index contributed by atoms with van der Waals surface area (Å²) in [5.74, 6) is 1.51. The molecule has 114 valence electrons. The molecule has 21 heavy (non-hydrogen) atoms. The fraction of sp³-hybridized carbons (Fsp3) is 0.375. The van der Waals surface area contributed by atoms with Crippen molar-refractivity contribution in [1.82, 2.24) is 0 Å². The van der Waals surface area contributed by atoms with Crippen LogP contribution in [0.5, 0.6) is 11.5 Å². The lowest BCUT2D eigenvalue weighted by Crippen LogP contribution is -2.21. The minimum absolute atomic E-state index is 0.121. The Labute approximate surface area is 134 Å². The molecule has 3 nitrogen and oxygen atoms in total. The summed E-state index contributed by atoms with van der Waals surface area (Å²) < 4.78 is 12.1. The number of hydrogen-bond acceptors (Lipinski definition) is 4. The standard InChI is InChI=1S/C16H20ClNO2S/c1-3-12(18)9-11-5-4-6-14(19-2)16(11)20-10-13-7-8-15(17)21-13/h4-8,12H,3,9-10,18H2,1-2H3. The molecule has 0 aliphatic heterocycles. The molecule has 1 aromatic heterocycles. The zero-order valence-electron chi connectivity index (χ0n) is 12.3. The summed E-state index contributed by atoms with van der Waals surface area (Å²) in [6.07, 6.45) is 1.70. The van der Waals surface area contributed by atoms with Gasteiger partial charge in [0.25, 0.3) is 0 Å². The average Bonchev–Trinajstić information content (AvgIpc) is 2.91. The van der Waals surface area contributed by atoms with E-state index in [1.165, 1.54) is 11.3 Å². The molecule has 1 atom stereocenters. The van der Waals surface area contributed by atoms with E-state index < -0.39 is 0 Å². The molecule has 0 spiro atoms. The van der Waals surface area contributed by atoms with Crippen molar-refractivity contribution in [1.29, 1.82) is 0 Å². The van der Waals surface area contributed by atoms with Gasteiger partial charge in [0.15, 0.2) is 11.5 Å². The van der Waals surface area contributed by atoms with Crippen LogP contribution in [0.3, 0.4) is 0 Å². The monoisotopic (exact) mass is 325 g/mol. The molecule has 2 rings (SSSR count). The highest BCUT2D eigenvalue weighted by molar-refractivity contribution is 7.16. The largest absolute Gasteiger partial charge is 0.493 e. The van der Waals surface area contributed by atoms with Crippen molar-refractivity contribution in [2.24, 2.45) is 5.73 Å². The zero-order chi connectivity index (χ0) is 15.2. The Hall–Kier alpha value is -1.23. The number of benzene rings is 1. The second-order valence-electron chi connectivity index (χ2n) is 4.82. The number of thiophene rings is 1. The van der Waals surface area contributed by atoms with Crippen molar-refractivity contribution < 1.29 is 9.47 Å². The highest BCUT2D eigenvalue weighted by Gasteiger charge is 2.13. The number of hydrogen-bond donors (Lipinski definition) is 1. The molecule has 1 heterocycles. The number of methoxy groups -OCH3 is 1. The normalized spacial score (nSPS) is 12.2. The SMILES string of the molecule is CCC(N)Cc1cccc(OC)c1OCc1ccc(Cl)s1. The van der Waals surface area contributed by atoms with Crippen LogP contribution in [0.4, 0.5) is 0 Å². The van der Waals surface area contributed by atoms with Crippen LogP contribution in [-0.4, -0.2) is 13.2 Å². The van der Waals surface area contributed by atoms with E-state index in [1.54, 1.807) is 7.11 Å². The summed E-state index contributed by atoms with van der Waals surface area (Å²) >= 11 is 7.46. The lowest BCUT2D eigenvalue weighted by Gasteiger charge is -2.16. The first-order valence-electron chi connectivity index (χ1n) is 6.92. The van der Waals surface area contributed by atoms with E-state index >= 15 is 0 Å². The van der Waals surface area contributed by atoms with Crippen molar-refractivity contribution in [2.75, 3.05) is 7.11 Å². The Balaban J connectivity index is 2.18. The quantitative estimate of drug-likeness (QED) is 0.826. The van der Waals surface area contributed by atoms with Crippen LogP contribution in [0.1, 0.15) is 23.8 Å². The minimum atomic E-state index is 0.121. The minimum Gasteiger partial charge on any atom is -0.493 e. The van der Waals surface area contributed by atoms with Gasteiger partial charge in [-0.15, -0.1) is 11.3 Å². The molecule has 0 amide bonds. The second-order valence-corrected chi connectivity index (χ2v) is 6.62. The van der Waals surface area contributed by atoms with Crippen molar-refractivity contribution in [2.45, 2.75) is 32.4 Å². The summed E-state index contributed by atoms with van der Waals surface area (Å²) in [5.41, 5.74) is 7.14. The predicted molar refractivity (Wildman–Crippen MR) is 88.6 cm³/mol. The van der Waals surface area contributed by atoms with E-state index in [4.69, 9.17) is 26.8 Å². The summed E-state index contributed by atoms with van der Waals surface area (Å²) in [5, 5.41) is 0. The number of halogens is 1. The van der Waals surface area contributed by atoms with Gasteiger partial charge in [0.1, 0.15) is 6.61 Å². The molecule has 0 fully saturated rings. The lowest BCUT2D eigenvalue weighted by atomic mass is 10.0. The van der Waals surface area contributed by atoms with Gasteiger partial charge in [0, 0.05) is 10.9 Å². The molecule has 1 unspecified atom stereocenters. The second kappa shape index (κ2) is 7.69. The summed E-state index contributed by atoms with van der Waals surface area (Å²) in [6.45, 7) is 2.56. The van der Waals surface area contributed by atoms with Crippen molar-refractivity contribution in [3.63, 3.8) is 0 Å². The first kappa shape index (κ1) is 16.1. The molecule has 1 aromatic carbocycles. The smallest absolute Gasteiger partial charge is 0.164 e. The Bertz CT molecular complexity index is 585. The first-order chi connectivity index (χ1) is 10.1. The summed E-state index contributed by atoms with van der Waals surface area (Å²) in [4.78, 5) is 1.08. The predicted octanol–water partition coefficient (Wildman–Crippen LogP) is 4.27. The Kier molecular flexibility index (Phi) is 5.91. The van der Waals surface area contributed by atoms with Gasteiger partial charge in [-0.25, -0.2) is 0 Å². The molecule has 2 aromatic rings. The van der Waals surface area contributed by atoms with Gasteiger partial charge in [0.2, 0.25) is 0 Å². The van der Waals surface area contributed by atoms with E-state index in [2.05, 4.69) is 6.92 Å². The third-order valence-corrected chi connectivity index (χ3v) is 4.48. The topological polar surface area (TPSA) is 44.5 Å². The van der Waals surface area contributed by atoms with Gasteiger partial charge in [-0.3, -0.25) is 0 Å². The number of nitrogens with two attached hydrogens (primary N) is 1. The van der Waals surface area contributed by atoms with Gasteiger partial charge in [-0.1, -0.05) is 30.7 Å². The Morgan fingerprint density at radius 1 is 1.29 bits per heavy atom. The van der Waals surface area contributed by atoms with Crippen LogP contribution in [0.2, 0.25) is 4.34 Å². The number of rotatable bonds is 7. The van der Waals surface area contributed by atoms with Crippen LogP contribution in [-0.2, 0) is 13.0 Å². The zero-order valence-corrected chi connectivity index (χ0v) is 13.8. The van der Waals surface area contributed by atoms with Crippen molar-refractivity contribution >= 4 is 22.9 Å². The molecule has 2 N–H and O–H groups in total. The van der Waals surface area contributed by atoms with Crippen molar-refractivity contribution in [3.05, 3.63) is 45.1 Å². The van der Waals surface area contributed by atoms with Crippen LogP contribution in [0.25, 0.3) is 0 Å². The highest BCUT2D eigenvalue weighted by atomic mass is 35.5. The molecular formula is C16H20ClNO2S. The Morgan fingerprint density at radius 3 is 2.71 bits per heavy atom. The van der Waals surface area contributed by atoms with E-state index in [9.17, 15) is 0 Å². The third-order valence-electron chi connectivity index (χ3n) is 3.27. The fourth-order valence-electron chi connectivity index (χ4n) is 2.05. The van der Waals surface area contributed by atoms with E-state index in [1.807, 2.05) is 30.3 Å². The molecule has 5 heteroatoms. The number of para-hydroxylation sites is 1. The summed E-state index contributed by atoms with van der Waals surface area (Å²) in [7, 11) is 1.65. The highest BCUT2D eigenvalue weighted by Crippen LogP contribution is 2.33. The van der Waals surface area contributed by atoms with Gasteiger partial charge < -0.3 is 15.2 Å². The maximum Gasteiger partial charge on any atom is 0.164 e. The maximum atomic E-state index is 6.06. The van der Waals surface area contributed by atoms with E-state index in [0.29, 0.717) is 6.61 Å². The van der Waals surface area contributed by atoms with Crippen LogP contribution >= 0.6 is 22.9 Å². The molecule has 0 saturated heterocycles. The molecule has 0 aliphatic rings. The molecular weight excluding hydrogens is 306 g/mol. The van der Waals surface area contributed by atoms with E-state index in [0.717, 1.165) is 39.1 Å². The van der Waals surface area contributed by atoms with Crippen molar-refractivity contribution in [3.8, 4) is 11.5 Å². The fourth-order valence-corrected chi connectivity index (χ4v) is 3.05. The number of ether oxygens (including phenoxy) is 2. The lowest BCUT2D eigenvalue weighted by molar-refractivity contribution is 0.283. The van der Waals surface area contributed by atoms with Gasteiger partial charge >= 0.3 is 0 Å². The maximum absolute atomic E-state index is 6.06. The molecule has 0 radical (unpaired) electrons. The average molecular weight is 326 g/mol. The van der Waals surface area contributed by atoms with Crippen LogP contribution < -0.4 is 15.2 Å².